The van der Waals surface area contributed by atoms with Crippen molar-refractivity contribution >= 4 is 16.7 Å². The van der Waals surface area contributed by atoms with Crippen LogP contribution >= 0.6 is 0 Å². The normalized spacial score (nSPS) is 12.2. The molecule has 0 saturated heterocycles. The Bertz CT molecular complexity index is 783. The quantitative estimate of drug-likeness (QED) is 0.649. The lowest BCUT2D eigenvalue weighted by atomic mass is 10.1. The molecule has 2 aromatic carbocycles. The Balaban J connectivity index is 1.50. The molecule has 0 radical (unpaired) electrons. The van der Waals surface area contributed by atoms with Gasteiger partial charge in [-0.1, -0.05) is 42.5 Å². The average molecular weight is 308 g/mol. The molecule has 23 heavy (non-hydrogen) atoms. The molecule has 0 aliphatic carbocycles. The molecule has 0 aliphatic heterocycles. The van der Waals surface area contributed by atoms with Crippen molar-refractivity contribution in [1.82, 2.24) is 15.3 Å². The van der Waals surface area contributed by atoms with Crippen LogP contribution in [0.15, 0.2) is 55.0 Å². The average Bonchev–Trinajstić information content (AvgIpc) is 3.07. The van der Waals surface area contributed by atoms with Crippen molar-refractivity contribution < 1.29 is 4.79 Å². The summed E-state index contributed by atoms with van der Waals surface area (Å²) < 4.78 is 0. The van der Waals surface area contributed by atoms with E-state index in [4.69, 9.17) is 5.73 Å². The third-order valence-electron chi connectivity index (χ3n) is 3.86. The molecule has 1 heterocycles. The maximum atomic E-state index is 12.0. The highest BCUT2D eigenvalue weighted by Gasteiger charge is 2.14. The maximum absolute atomic E-state index is 12.0. The molecule has 0 spiro atoms. The zero-order chi connectivity index (χ0) is 16.1. The third kappa shape index (κ3) is 3.96. The minimum absolute atomic E-state index is 0.139. The number of aromatic nitrogens is 2. The molecule has 0 aliphatic rings. The third-order valence-corrected chi connectivity index (χ3v) is 3.86. The molecule has 3 rings (SSSR count). The van der Waals surface area contributed by atoms with Gasteiger partial charge < -0.3 is 16.0 Å². The Hall–Kier alpha value is -2.66. The highest BCUT2D eigenvalue weighted by atomic mass is 16.2. The molecule has 0 saturated carbocycles. The Morgan fingerprint density at radius 1 is 1.22 bits per heavy atom. The van der Waals surface area contributed by atoms with Crippen molar-refractivity contribution in [2.75, 3.05) is 6.54 Å². The highest BCUT2D eigenvalue weighted by Crippen LogP contribution is 2.15. The van der Waals surface area contributed by atoms with E-state index in [0.29, 0.717) is 13.0 Å². The van der Waals surface area contributed by atoms with Crippen LogP contribution < -0.4 is 11.1 Å². The van der Waals surface area contributed by atoms with Crippen LogP contribution in [0, 0.1) is 0 Å². The summed E-state index contributed by atoms with van der Waals surface area (Å²) in [5, 5.41) is 5.33. The second kappa shape index (κ2) is 7.07. The second-order valence-electron chi connectivity index (χ2n) is 5.61. The van der Waals surface area contributed by atoms with Gasteiger partial charge in [-0.3, -0.25) is 4.79 Å². The van der Waals surface area contributed by atoms with E-state index in [1.807, 2.05) is 12.1 Å². The monoisotopic (exact) mass is 308 g/mol. The molecular weight excluding hydrogens is 288 g/mol. The molecule has 4 N–H and O–H groups in total. The highest BCUT2D eigenvalue weighted by molar-refractivity contribution is 5.83. The Morgan fingerprint density at radius 2 is 2.04 bits per heavy atom. The van der Waals surface area contributed by atoms with Crippen molar-refractivity contribution in [3.05, 3.63) is 66.2 Å². The first kappa shape index (κ1) is 15.2. The molecular formula is C18H20N4O. The van der Waals surface area contributed by atoms with Crippen LogP contribution in [0.5, 0.6) is 0 Å². The number of H-pyrrole nitrogens is 1. The molecule has 1 aromatic heterocycles. The fourth-order valence-corrected chi connectivity index (χ4v) is 2.58. The van der Waals surface area contributed by atoms with Crippen LogP contribution in [0.25, 0.3) is 10.8 Å². The minimum atomic E-state index is -0.563. The van der Waals surface area contributed by atoms with Crippen molar-refractivity contribution in [2.45, 2.75) is 18.9 Å². The van der Waals surface area contributed by atoms with E-state index in [0.717, 1.165) is 12.1 Å². The number of carbonyl (C=O) groups is 1. The van der Waals surface area contributed by atoms with Crippen LogP contribution in [0.3, 0.4) is 0 Å². The van der Waals surface area contributed by atoms with Gasteiger partial charge in [-0.05, 0) is 22.8 Å². The summed E-state index contributed by atoms with van der Waals surface area (Å²) in [5.74, 6) is -0.139. The molecule has 0 unspecified atom stereocenters. The summed E-state index contributed by atoms with van der Waals surface area (Å²) in [6, 6.07) is 14.0. The molecule has 1 amide bonds. The van der Waals surface area contributed by atoms with Gasteiger partial charge in [-0.2, -0.15) is 0 Å². The van der Waals surface area contributed by atoms with Gasteiger partial charge in [0, 0.05) is 24.9 Å². The van der Waals surface area contributed by atoms with E-state index in [1.54, 1.807) is 12.5 Å². The smallest absolute Gasteiger partial charge is 0.237 e. The van der Waals surface area contributed by atoms with E-state index in [9.17, 15) is 4.79 Å². The zero-order valence-electron chi connectivity index (χ0n) is 12.8. The molecule has 0 bridgehead atoms. The van der Waals surface area contributed by atoms with Crippen molar-refractivity contribution in [3.8, 4) is 0 Å². The Kier molecular flexibility index (Phi) is 4.68. The second-order valence-corrected chi connectivity index (χ2v) is 5.61. The standard InChI is InChI=1S/C18H20N4O/c19-17(10-16-11-20-12-22-16)18(23)21-8-7-13-5-6-14-3-1-2-4-15(14)9-13/h1-6,9,11-12,17H,7-8,10,19H2,(H,20,22)(H,21,23)/t17-/m1/s1. The van der Waals surface area contributed by atoms with Crippen LogP contribution in [0.2, 0.25) is 0 Å². The summed E-state index contributed by atoms with van der Waals surface area (Å²) in [6.07, 6.45) is 4.51. The number of carbonyl (C=O) groups excluding carboxylic acids is 1. The van der Waals surface area contributed by atoms with E-state index < -0.39 is 6.04 Å². The number of nitrogens with two attached hydrogens (primary N) is 1. The Labute approximate surface area is 134 Å². The molecule has 3 aromatic rings. The van der Waals surface area contributed by atoms with Crippen molar-refractivity contribution in [1.29, 1.82) is 0 Å². The van der Waals surface area contributed by atoms with Gasteiger partial charge in [0.2, 0.25) is 5.91 Å². The summed E-state index contributed by atoms with van der Waals surface area (Å²) in [7, 11) is 0. The van der Waals surface area contributed by atoms with Crippen molar-refractivity contribution in [3.63, 3.8) is 0 Å². The van der Waals surface area contributed by atoms with Crippen molar-refractivity contribution in [2.24, 2.45) is 5.73 Å². The SMILES string of the molecule is N[C@H](Cc1cnc[nH]1)C(=O)NCCc1ccc2ccccc2c1. The molecule has 5 nitrogen and oxygen atoms in total. The van der Waals surface area contributed by atoms with Crippen LogP contribution in [-0.4, -0.2) is 28.5 Å². The lowest BCUT2D eigenvalue weighted by Crippen LogP contribution is -2.42. The van der Waals surface area contributed by atoms with Gasteiger partial charge in [0.1, 0.15) is 0 Å². The van der Waals surface area contributed by atoms with Gasteiger partial charge in [0.25, 0.3) is 0 Å². The first-order valence-electron chi connectivity index (χ1n) is 7.70. The number of hydrogen-bond acceptors (Lipinski definition) is 3. The predicted octanol–water partition coefficient (Wildman–Crippen LogP) is 1.79. The van der Waals surface area contributed by atoms with Gasteiger partial charge in [-0.25, -0.2) is 4.98 Å². The number of rotatable bonds is 6. The number of hydrogen-bond donors (Lipinski definition) is 3. The fraction of sp³-hybridized carbons (Fsp3) is 0.222. The summed E-state index contributed by atoms with van der Waals surface area (Å²) >= 11 is 0. The largest absolute Gasteiger partial charge is 0.354 e. The van der Waals surface area contributed by atoms with E-state index in [-0.39, 0.29) is 5.91 Å². The molecule has 5 heteroatoms. The summed E-state index contributed by atoms with van der Waals surface area (Å²) in [4.78, 5) is 18.9. The predicted molar refractivity (Wildman–Crippen MR) is 90.9 cm³/mol. The Morgan fingerprint density at radius 3 is 2.83 bits per heavy atom. The van der Waals surface area contributed by atoms with Gasteiger partial charge in [0.15, 0.2) is 0 Å². The van der Waals surface area contributed by atoms with Crippen LogP contribution in [0.1, 0.15) is 11.3 Å². The molecule has 1 atom stereocenters. The summed E-state index contributed by atoms with van der Waals surface area (Å²) in [5.41, 5.74) is 7.97. The molecule has 0 fully saturated rings. The zero-order valence-corrected chi connectivity index (χ0v) is 12.8. The molecule has 118 valence electrons. The van der Waals surface area contributed by atoms with Crippen LogP contribution in [0.4, 0.5) is 0 Å². The number of nitrogens with zero attached hydrogens (tertiary/aromatic N) is 1. The van der Waals surface area contributed by atoms with E-state index in [1.165, 1.54) is 16.3 Å². The number of amides is 1. The number of nitrogens with one attached hydrogen (secondary N) is 2. The van der Waals surface area contributed by atoms with Crippen LogP contribution in [-0.2, 0) is 17.6 Å². The fourth-order valence-electron chi connectivity index (χ4n) is 2.58. The number of benzene rings is 2. The lowest BCUT2D eigenvalue weighted by molar-refractivity contribution is -0.122. The first-order chi connectivity index (χ1) is 11.2. The van der Waals surface area contributed by atoms with Gasteiger partial charge in [-0.15, -0.1) is 0 Å². The lowest BCUT2D eigenvalue weighted by Gasteiger charge is -2.11. The summed E-state index contributed by atoms with van der Waals surface area (Å²) in [6.45, 7) is 0.577. The number of aromatic amines is 1. The number of fused-ring (bicyclic) bond motifs is 1. The number of imidazole rings is 1. The topological polar surface area (TPSA) is 83.8 Å². The first-order valence-corrected chi connectivity index (χ1v) is 7.70. The van der Waals surface area contributed by atoms with Gasteiger partial charge >= 0.3 is 0 Å². The minimum Gasteiger partial charge on any atom is -0.354 e. The maximum Gasteiger partial charge on any atom is 0.237 e. The van der Waals surface area contributed by atoms with E-state index >= 15 is 0 Å². The van der Waals surface area contributed by atoms with E-state index in [2.05, 4.69) is 45.6 Å². The van der Waals surface area contributed by atoms with Gasteiger partial charge in [0.05, 0.1) is 12.4 Å².